The first kappa shape index (κ1) is 14.7. The number of amides is 1. The Kier molecular flexibility index (Phi) is 4.54. The van der Waals surface area contributed by atoms with Gasteiger partial charge in [0.05, 0.1) is 0 Å². The molecule has 0 radical (unpaired) electrons. The minimum absolute atomic E-state index is 0.465. The second kappa shape index (κ2) is 6.17. The van der Waals surface area contributed by atoms with E-state index in [1.54, 1.807) is 6.07 Å². The van der Waals surface area contributed by atoms with Crippen molar-refractivity contribution in [1.82, 2.24) is 5.32 Å². The lowest BCUT2D eigenvalue weighted by Crippen LogP contribution is -2.34. The van der Waals surface area contributed by atoms with Crippen LogP contribution < -0.4 is 5.32 Å². The van der Waals surface area contributed by atoms with Crippen molar-refractivity contribution >= 4 is 12.0 Å². The van der Waals surface area contributed by atoms with E-state index in [1.165, 1.54) is 12.2 Å². The quantitative estimate of drug-likeness (QED) is 0.787. The van der Waals surface area contributed by atoms with E-state index in [4.69, 9.17) is 9.52 Å². The second-order valence-corrected chi connectivity index (χ2v) is 5.04. The van der Waals surface area contributed by atoms with Gasteiger partial charge in [-0.3, -0.25) is 4.79 Å². The van der Waals surface area contributed by atoms with E-state index in [2.05, 4.69) is 12.2 Å². The Hall–Kier alpha value is -1.69. The third-order valence-electron chi connectivity index (χ3n) is 3.30. The number of carbonyl (C=O) groups is 1. The molecular weight excluding hydrogens is 268 g/mol. The molecule has 1 aromatic heterocycles. The number of aliphatic hydroxyl groups excluding tert-OH is 1. The van der Waals surface area contributed by atoms with Gasteiger partial charge in [0.15, 0.2) is 0 Å². The maximum atomic E-state index is 12.0. The van der Waals surface area contributed by atoms with Crippen LogP contribution in [0.4, 0.5) is 8.78 Å². The predicted octanol–water partition coefficient (Wildman–Crippen LogP) is 2.16. The molecule has 0 saturated heterocycles. The van der Waals surface area contributed by atoms with Crippen LogP contribution in [0.2, 0.25) is 0 Å². The minimum atomic E-state index is -2.87. The number of nitrogens with one attached hydrogen (secondary N) is 1. The van der Waals surface area contributed by atoms with Gasteiger partial charge in [-0.05, 0) is 30.5 Å². The standard InChI is InChI=1S/C14H17F2NO3/c1-8-6-10(8)12-4-2-9(20-12)3-5-13(19)17-7-11(18)14(15)16/h2-5,8,10-11,14,18H,6-7H2,1H3,(H,17,19)/b5-3+. The number of hydrogen-bond donors (Lipinski definition) is 2. The second-order valence-electron chi connectivity index (χ2n) is 5.04. The molecule has 0 spiro atoms. The van der Waals surface area contributed by atoms with Crippen LogP contribution in [-0.4, -0.2) is 30.1 Å². The summed E-state index contributed by atoms with van der Waals surface area (Å²) in [5.41, 5.74) is 0. The van der Waals surface area contributed by atoms with Gasteiger partial charge >= 0.3 is 0 Å². The lowest BCUT2D eigenvalue weighted by Gasteiger charge is -2.08. The van der Waals surface area contributed by atoms with Gasteiger partial charge in [-0.25, -0.2) is 8.78 Å². The Morgan fingerprint density at radius 3 is 2.90 bits per heavy atom. The summed E-state index contributed by atoms with van der Waals surface area (Å²) in [4.78, 5) is 11.4. The summed E-state index contributed by atoms with van der Waals surface area (Å²) in [6.45, 7) is 1.66. The van der Waals surface area contributed by atoms with Crippen molar-refractivity contribution in [3.63, 3.8) is 0 Å². The number of aliphatic hydroxyl groups is 1. The summed E-state index contributed by atoms with van der Waals surface area (Å²) in [6.07, 6.45) is -0.938. The van der Waals surface area contributed by atoms with Gasteiger partial charge in [-0.1, -0.05) is 6.92 Å². The number of carbonyl (C=O) groups excluding carboxylic acids is 1. The van der Waals surface area contributed by atoms with Crippen molar-refractivity contribution in [3.05, 3.63) is 29.7 Å². The van der Waals surface area contributed by atoms with Crippen LogP contribution >= 0.6 is 0 Å². The first-order chi connectivity index (χ1) is 9.47. The number of alkyl halides is 2. The minimum Gasteiger partial charge on any atom is -0.461 e. The van der Waals surface area contributed by atoms with Crippen molar-refractivity contribution in [2.75, 3.05) is 6.54 Å². The van der Waals surface area contributed by atoms with Crippen molar-refractivity contribution in [1.29, 1.82) is 0 Å². The van der Waals surface area contributed by atoms with E-state index >= 15 is 0 Å². The van der Waals surface area contributed by atoms with Crippen LogP contribution in [0.3, 0.4) is 0 Å². The lowest BCUT2D eigenvalue weighted by molar-refractivity contribution is -0.117. The van der Waals surface area contributed by atoms with Gasteiger partial charge in [0.2, 0.25) is 5.91 Å². The zero-order valence-corrected chi connectivity index (χ0v) is 11.1. The molecule has 2 N–H and O–H groups in total. The van der Waals surface area contributed by atoms with Crippen LogP contribution in [0.25, 0.3) is 6.08 Å². The molecule has 110 valence electrons. The number of rotatable bonds is 6. The van der Waals surface area contributed by atoms with E-state index in [1.807, 2.05) is 6.07 Å². The Bertz CT molecular complexity index is 498. The van der Waals surface area contributed by atoms with Crippen molar-refractivity contribution in [2.24, 2.45) is 5.92 Å². The molecule has 0 bridgehead atoms. The molecule has 4 nitrogen and oxygen atoms in total. The van der Waals surface area contributed by atoms with E-state index in [-0.39, 0.29) is 0 Å². The van der Waals surface area contributed by atoms with E-state index in [9.17, 15) is 13.6 Å². The lowest BCUT2D eigenvalue weighted by atomic mass is 10.3. The summed E-state index contributed by atoms with van der Waals surface area (Å²) in [5, 5.41) is 11.0. The highest BCUT2D eigenvalue weighted by Crippen LogP contribution is 2.47. The third-order valence-corrected chi connectivity index (χ3v) is 3.30. The normalized spacial score (nSPS) is 23.2. The Morgan fingerprint density at radius 1 is 1.60 bits per heavy atom. The smallest absolute Gasteiger partial charge is 0.265 e. The summed E-state index contributed by atoms with van der Waals surface area (Å²) in [5.74, 6) is 2.00. The fourth-order valence-electron chi connectivity index (χ4n) is 1.89. The molecule has 3 atom stereocenters. The van der Waals surface area contributed by atoms with Gasteiger partial charge in [0, 0.05) is 18.5 Å². The summed E-state index contributed by atoms with van der Waals surface area (Å²) < 4.78 is 29.6. The largest absolute Gasteiger partial charge is 0.461 e. The first-order valence-electron chi connectivity index (χ1n) is 6.49. The maximum absolute atomic E-state index is 12.0. The van der Waals surface area contributed by atoms with E-state index in [0.29, 0.717) is 17.6 Å². The average molecular weight is 285 g/mol. The zero-order chi connectivity index (χ0) is 14.7. The molecule has 1 aromatic rings. The molecule has 1 amide bonds. The molecule has 2 rings (SSSR count). The molecule has 0 aliphatic heterocycles. The summed E-state index contributed by atoms with van der Waals surface area (Å²) >= 11 is 0. The SMILES string of the molecule is CC1CC1c1ccc(/C=C/C(=O)NCC(O)C(F)F)o1. The summed E-state index contributed by atoms with van der Waals surface area (Å²) in [6, 6.07) is 3.64. The van der Waals surface area contributed by atoms with E-state index in [0.717, 1.165) is 12.2 Å². The van der Waals surface area contributed by atoms with Gasteiger partial charge in [0.1, 0.15) is 17.6 Å². The molecule has 1 aliphatic rings. The number of furan rings is 1. The Labute approximate surface area is 115 Å². The topological polar surface area (TPSA) is 62.5 Å². The van der Waals surface area contributed by atoms with Gasteiger partial charge in [-0.15, -0.1) is 0 Å². The monoisotopic (exact) mass is 285 g/mol. The van der Waals surface area contributed by atoms with Crippen LogP contribution in [0.15, 0.2) is 22.6 Å². The molecule has 1 aliphatic carbocycles. The highest BCUT2D eigenvalue weighted by molar-refractivity contribution is 5.91. The zero-order valence-electron chi connectivity index (χ0n) is 11.1. The Balaban J connectivity index is 1.80. The van der Waals surface area contributed by atoms with Gasteiger partial charge < -0.3 is 14.8 Å². The fourth-order valence-corrected chi connectivity index (χ4v) is 1.89. The maximum Gasteiger partial charge on any atom is 0.265 e. The van der Waals surface area contributed by atoms with Crippen molar-refractivity contribution in [3.8, 4) is 0 Å². The molecular formula is C14H17F2NO3. The third kappa shape index (κ3) is 3.90. The van der Waals surface area contributed by atoms with Gasteiger partial charge in [-0.2, -0.15) is 0 Å². The molecule has 1 saturated carbocycles. The average Bonchev–Trinajstić information content (AvgIpc) is 2.96. The Morgan fingerprint density at radius 2 is 2.30 bits per heavy atom. The van der Waals surface area contributed by atoms with Crippen LogP contribution in [-0.2, 0) is 4.79 Å². The van der Waals surface area contributed by atoms with E-state index < -0.39 is 25.0 Å². The highest BCUT2D eigenvalue weighted by atomic mass is 19.3. The summed E-state index contributed by atoms with van der Waals surface area (Å²) in [7, 11) is 0. The van der Waals surface area contributed by atoms with Crippen molar-refractivity contribution < 1.29 is 23.1 Å². The van der Waals surface area contributed by atoms with Crippen LogP contribution in [0.5, 0.6) is 0 Å². The molecule has 6 heteroatoms. The first-order valence-corrected chi connectivity index (χ1v) is 6.49. The fraction of sp³-hybridized carbons (Fsp3) is 0.500. The highest BCUT2D eigenvalue weighted by Gasteiger charge is 2.36. The van der Waals surface area contributed by atoms with Crippen molar-refractivity contribution in [2.45, 2.75) is 31.8 Å². The molecule has 3 unspecified atom stereocenters. The molecule has 20 heavy (non-hydrogen) atoms. The number of halogens is 2. The predicted molar refractivity (Wildman–Crippen MR) is 69.3 cm³/mol. The molecule has 0 aromatic carbocycles. The van der Waals surface area contributed by atoms with Gasteiger partial charge in [0.25, 0.3) is 6.43 Å². The number of hydrogen-bond acceptors (Lipinski definition) is 3. The molecule has 1 fully saturated rings. The van der Waals surface area contributed by atoms with Crippen LogP contribution in [0.1, 0.15) is 30.8 Å². The molecule has 1 heterocycles. The van der Waals surface area contributed by atoms with Crippen LogP contribution in [0, 0.1) is 5.92 Å².